The maximum Gasteiger partial charge on any atom is 0.472 e. The van der Waals surface area contributed by atoms with Crippen molar-refractivity contribution in [3.05, 3.63) is 122 Å². The third kappa shape index (κ3) is 49.8. The lowest BCUT2D eigenvalue weighted by Crippen LogP contribution is -2.37. The largest absolute Gasteiger partial charge is 0.472 e. The van der Waals surface area contributed by atoms with E-state index in [0.29, 0.717) is 24.1 Å². The van der Waals surface area contributed by atoms with Crippen LogP contribution in [0.1, 0.15) is 155 Å². The molecule has 0 heterocycles. The topological polar surface area (TPSA) is 91.3 Å². The molecule has 63 heavy (non-hydrogen) atoms. The van der Waals surface area contributed by atoms with E-state index >= 15 is 0 Å². The summed E-state index contributed by atoms with van der Waals surface area (Å²) in [6, 6.07) is 0. The Morgan fingerprint density at radius 2 is 0.873 bits per heavy atom. The first-order valence-electron chi connectivity index (χ1n) is 24.3. The monoisotopic (exact) mass is 897 g/mol. The Hall–Kier alpha value is -3.10. The molecular weight excluding hydrogens is 806 g/mol. The molecule has 0 amide bonds. The molecule has 0 saturated carbocycles. The highest BCUT2D eigenvalue weighted by Crippen LogP contribution is 2.43. The number of rotatable bonds is 43. The Bertz CT molecular complexity index is 1410. The van der Waals surface area contributed by atoms with Crippen molar-refractivity contribution in [1.29, 1.82) is 0 Å². The fourth-order valence-corrected chi connectivity index (χ4v) is 6.58. The minimum absolute atomic E-state index is 0.0711. The lowest BCUT2D eigenvalue weighted by atomic mass is 10.1. The average Bonchev–Trinajstić information content (AvgIpc) is 3.24. The lowest BCUT2D eigenvalue weighted by Gasteiger charge is -2.24. The summed E-state index contributed by atoms with van der Waals surface area (Å²) in [4.78, 5) is 23.0. The van der Waals surface area contributed by atoms with E-state index in [1.54, 1.807) is 0 Å². The molecule has 0 bridgehead atoms. The summed E-state index contributed by atoms with van der Waals surface area (Å²) >= 11 is 0. The van der Waals surface area contributed by atoms with Gasteiger partial charge in [0.25, 0.3) is 0 Å². The molecule has 358 valence electrons. The van der Waals surface area contributed by atoms with Crippen LogP contribution in [0.15, 0.2) is 122 Å². The molecule has 9 heteroatoms. The van der Waals surface area contributed by atoms with Crippen LogP contribution in [-0.2, 0) is 27.9 Å². The Labute approximate surface area is 386 Å². The van der Waals surface area contributed by atoms with E-state index in [1.807, 2.05) is 21.1 Å². The minimum Gasteiger partial charge on any atom is -0.457 e. The van der Waals surface area contributed by atoms with Gasteiger partial charge in [-0.1, -0.05) is 167 Å². The van der Waals surface area contributed by atoms with Gasteiger partial charge in [-0.15, -0.1) is 0 Å². The smallest absolute Gasteiger partial charge is 0.457 e. The van der Waals surface area contributed by atoms with Crippen LogP contribution in [0.5, 0.6) is 0 Å². The Balaban J connectivity index is 4.31. The molecule has 0 aromatic rings. The van der Waals surface area contributed by atoms with Crippen LogP contribution in [0.2, 0.25) is 0 Å². The summed E-state index contributed by atoms with van der Waals surface area (Å²) in [5.41, 5.74) is 0. The van der Waals surface area contributed by atoms with Crippen molar-refractivity contribution in [1.82, 2.24) is 0 Å². The second-order valence-electron chi connectivity index (χ2n) is 16.7. The molecule has 0 aliphatic carbocycles. The van der Waals surface area contributed by atoms with E-state index < -0.39 is 13.9 Å². The molecule has 0 aromatic carbocycles. The number of hydrogen-bond donors (Lipinski definition) is 1. The van der Waals surface area contributed by atoms with E-state index in [1.165, 1.54) is 19.3 Å². The average molecular weight is 897 g/mol. The fraction of sp³-hybridized carbons (Fsp3) is 0.611. The zero-order valence-electron chi connectivity index (χ0n) is 40.5. The molecule has 0 saturated heterocycles. The van der Waals surface area contributed by atoms with Gasteiger partial charge in [-0.05, 0) is 103 Å². The van der Waals surface area contributed by atoms with E-state index in [0.717, 1.165) is 109 Å². The van der Waals surface area contributed by atoms with Crippen molar-refractivity contribution in [2.24, 2.45) is 0 Å². The molecule has 0 aromatic heterocycles. The highest BCUT2D eigenvalue weighted by atomic mass is 31.2. The minimum atomic E-state index is -4.30. The molecule has 0 fully saturated rings. The van der Waals surface area contributed by atoms with E-state index in [2.05, 4.69) is 135 Å². The molecule has 0 aliphatic heterocycles. The zero-order valence-corrected chi connectivity index (χ0v) is 41.4. The first-order chi connectivity index (χ1) is 30.6. The number of unbranched alkanes of at least 4 members (excludes halogenated alkanes) is 9. The van der Waals surface area contributed by atoms with Crippen LogP contribution in [0.3, 0.4) is 0 Å². The number of nitrogens with zero attached hydrogens (tertiary/aromatic N) is 1. The maximum absolute atomic E-state index is 12.7. The van der Waals surface area contributed by atoms with Crippen molar-refractivity contribution >= 4 is 13.8 Å². The zero-order chi connectivity index (χ0) is 46.2. The van der Waals surface area contributed by atoms with Crippen molar-refractivity contribution < 1.29 is 37.3 Å². The van der Waals surface area contributed by atoms with Crippen LogP contribution in [0.4, 0.5) is 0 Å². The molecule has 2 atom stereocenters. The normalized spacial score (nSPS) is 14.7. The second-order valence-corrected chi connectivity index (χ2v) is 18.2. The van der Waals surface area contributed by atoms with Crippen LogP contribution >= 0.6 is 7.82 Å². The first-order valence-corrected chi connectivity index (χ1v) is 25.8. The molecular formula is C54H91NO7P+. The quantitative estimate of drug-likeness (QED) is 0.0214. The van der Waals surface area contributed by atoms with E-state index in [4.69, 9.17) is 18.5 Å². The SMILES string of the molecule is CC/C=C\C/C=C\C/C=C\C/C=C\C/C=C\C/C=C\C/C=C\CCCCCC(=O)OC(COCCCCCCCC/C=C\C/C=C\C/C=C\CC)COP(=O)(O)OCC[N+](C)(C)C. The summed E-state index contributed by atoms with van der Waals surface area (Å²) in [6.07, 6.45) is 65.3. The van der Waals surface area contributed by atoms with Crippen molar-refractivity contribution in [2.75, 3.05) is 54.1 Å². The molecule has 0 radical (unpaired) electrons. The van der Waals surface area contributed by atoms with Gasteiger partial charge in [0.2, 0.25) is 0 Å². The van der Waals surface area contributed by atoms with Gasteiger partial charge in [-0.2, -0.15) is 0 Å². The van der Waals surface area contributed by atoms with Gasteiger partial charge >= 0.3 is 13.8 Å². The van der Waals surface area contributed by atoms with E-state index in [-0.39, 0.29) is 32.2 Å². The Morgan fingerprint density at radius 3 is 1.30 bits per heavy atom. The number of allylic oxidation sites excluding steroid dienone is 20. The van der Waals surface area contributed by atoms with Gasteiger partial charge in [-0.25, -0.2) is 4.57 Å². The van der Waals surface area contributed by atoms with Crippen LogP contribution in [0, 0.1) is 0 Å². The number of phosphoric acid groups is 1. The standard InChI is InChI=1S/C54H90NO7P/c1-6-8-10-12-14-16-18-20-22-24-25-26-27-28-29-30-31-32-33-35-37-39-41-43-45-47-54(56)62-53(52-61-63(57,58)60-50-48-55(3,4)5)51-59-49-46-44-42-40-38-36-34-23-21-19-17-15-13-11-9-7-2/h8-11,14-17,20-23,25-26,28-29,31-32,35,37,53H,6-7,12-13,18-19,24,27,30,33-34,36,38-52H2,1-5H3/p+1/b10-8-,11-9-,16-14-,17-15-,22-20-,23-21-,26-25-,29-28-,32-31-,37-35-. The lowest BCUT2D eigenvalue weighted by molar-refractivity contribution is -0.870. The molecule has 0 aliphatic rings. The van der Waals surface area contributed by atoms with Crippen LogP contribution in [0.25, 0.3) is 0 Å². The molecule has 1 N–H and O–H groups in total. The molecule has 2 unspecified atom stereocenters. The summed E-state index contributed by atoms with van der Waals surface area (Å²) < 4.78 is 35.0. The number of likely N-dealkylation sites (N-methyl/N-ethyl adjacent to an activating group) is 1. The van der Waals surface area contributed by atoms with Gasteiger partial charge in [0.05, 0.1) is 34.4 Å². The summed E-state index contributed by atoms with van der Waals surface area (Å²) in [5.74, 6) is -0.356. The number of quaternary nitrogens is 1. The Kier molecular flexibility index (Phi) is 43.2. The predicted molar refractivity (Wildman–Crippen MR) is 270 cm³/mol. The van der Waals surface area contributed by atoms with Crippen molar-refractivity contribution in [2.45, 2.75) is 161 Å². The van der Waals surface area contributed by atoms with Gasteiger partial charge < -0.3 is 18.9 Å². The highest BCUT2D eigenvalue weighted by Gasteiger charge is 2.26. The summed E-state index contributed by atoms with van der Waals surface area (Å²) in [6.45, 7) is 5.28. The number of ether oxygens (including phenoxy) is 2. The van der Waals surface area contributed by atoms with Crippen molar-refractivity contribution in [3.63, 3.8) is 0 Å². The second kappa shape index (κ2) is 45.5. The Morgan fingerprint density at radius 1 is 0.492 bits per heavy atom. The fourth-order valence-electron chi connectivity index (χ4n) is 5.84. The van der Waals surface area contributed by atoms with Gasteiger partial charge in [0.1, 0.15) is 19.3 Å². The number of carbonyl (C=O) groups excluding carboxylic acids is 1. The van der Waals surface area contributed by atoms with Crippen molar-refractivity contribution in [3.8, 4) is 0 Å². The third-order valence-electron chi connectivity index (χ3n) is 9.52. The maximum atomic E-state index is 12.7. The molecule has 0 rings (SSSR count). The number of carbonyl (C=O) groups is 1. The van der Waals surface area contributed by atoms with Crippen LogP contribution in [-0.4, -0.2) is 75.6 Å². The summed E-state index contributed by atoms with van der Waals surface area (Å²) in [5, 5.41) is 0. The predicted octanol–water partition coefficient (Wildman–Crippen LogP) is 14.9. The van der Waals surface area contributed by atoms with Crippen LogP contribution < -0.4 is 0 Å². The molecule has 8 nitrogen and oxygen atoms in total. The third-order valence-corrected chi connectivity index (χ3v) is 10.5. The highest BCUT2D eigenvalue weighted by molar-refractivity contribution is 7.47. The number of phosphoric ester groups is 1. The van der Waals surface area contributed by atoms with Gasteiger partial charge in [0.15, 0.2) is 0 Å². The molecule has 0 spiro atoms. The van der Waals surface area contributed by atoms with Gasteiger partial charge in [0, 0.05) is 13.0 Å². The first kappa shape index (κ1) is 59.9. The number of esters is 1. The van der Waals surface area contributed by atoms with E-state index in [9.17, 15) is 14.3 Å². The summed E-state index contributed by atoms with van der Waals surface area (Å²) in [7, 11) is 1.61. The van der Waals surface area contributed by atoms with Gasteiger partial charge in [-0.3, -0.25) is 13.8 Å². The number of hydrogen-bond acceptors (Lipinski definition) is 6.